The van der Waals surface area contributed by atoms with Crippen LogP contribution in [-0.4, -0.2) is 80.2 Å². The van der Waals surface area contributed by atoms with Gasteiger partial charge in [-0.3, -0.25) is 14.4 Å². The summed E-state index contributed by atoms with van der Waals surface area (Å²) in [6, 6.07) is 4.40. The van der Waals surface area contributed by atoms with Crippen LogP contribution in [0.1, 0.15) is 75.8 Å². The molecule has 1 heterocycles. The summed E-state index contributed by atoms with van der Waals surface area (Å²) in [5, 5.41) is 54.1. The smallest absolute Gasteiger partial charge is 0.202 e. The Balaban J connectivity index is 1.68. The Morgan fingerprint density at radius 1 is 1.08 bits per heavy atom. The van der Waals surface area contributed by atoms with E-state index in [0.717, 1.165) is 6.92 Å². The van der Waals surface area contributed by atoms with E-state index < -0.39 is 82.7 Å². The van der Waals surface area contributed by atoms with E-state index in [0.29, 0.717) is 0 Å². The molecule has 5 rings (SSSR count). The number of aliphatic hydroxyl groups excluding tert-OH is 2. The van der Waals surface area contributed by atoms with Gasteiger partial charge in [0.15, 0.2) is 17.9 Å². The van der Waals surface area contributed by atoms with E-state index in [4.69, 9.17) is 14.2 Å². The molecule has 0 spiro atoms. The van der Waals surface area contributed by atoms with Gasteiger partial charge in [0.05, 0.1) is 42.1 Å². The predicted octanol–water partition coefficient (Wildman–Crippen LogP) is 1.06. The molecule has 1 fully saturated rings. The van der Waals surface area contributed by atoms with Gasteiger partial charge in [0.1, 0.15) is 29.0 Å². The molecule has 202 valence electrons. The molecule has 2 aliphatic carbocycles. The predicted molar refractivity (Wildman–Crippen MR) is 128 cm³/mol. The first-order valence-electron chi connectivity index (χ1n) is 12.2. The summed E-state index contributed by atoms with van der Waals surface area (Å²) >= 11 is 0. The van der Waals surface area contributed by atoms with Crippen LogP contribution in [0.5, 0.6) is 17.2 Å². The molecule has 2 aromatic rings. The van der Waals surface area contributed by atoms with Gasteiger partial charge in [-0.25, -0.2) is 0 Å². The maximum atomic E-state index is 13.6. The van der Waals surface area contributed by atoms with Gasteiger partial charge in [-0.1, -0.05) is 12.1 Å². The van der Waals surface area contributed by atoms with Gasteiger partial charge in [0, 0.05) is 36.0 Å². The highest BCUT2D eigenvalue weighted by Crippen LogP contribution is 2.52. The SMILES string of the molecule is COc1cccc2c1C(=O)c1c(O)c3c(c(O)c1C2=O)C[C@@](O)(C(C)=O)CC3OC1CC(O)C(O)C(C)O1. The number of hydrogen-bond acceptors (Lipinski definition) is 11. The minimum Gasteiger partial charge on any atom is -0.507 e. The average molecular weight is 529 g/mol. The lowest BCUT2D eigenvalue weighted by molar-refractivity contribution is -0.265. The fourth-order valence-electron chi connectivity index (χ4n) is 5.60. The van der Waals surface area contributed by atoms with Crippen LogP contribution in [0.15, 0.2) is 18.2 Å². The lowest BCUT2D eigenvalue weighted by atomic mass is 9.72. The van der Waals surface area contributed by atoms with Crippen molar-refractivity contribution in [3.63, 3.8) is 0 Å². The molecule has 0 aromatic heterocycles. The van der Waals surface area contributed by atoms with Crippen LogP contribution >= 0.6 is 0 Å². The van der Waals surface area contributed by atoms with Crippen LogP contribution in [0.4, 0.5) is 0 Å². The number of aliphatic hydroxyl groups is 3. The van der Waals surface area contributed by atoms with Crippen molar-refractivity contribution >= 4 is 17.3 Å². The number of ether oxygens (including phenoxy) is 3. The summed E-state index contributed by atoms with van der Waals surface area (Å²) in [4.78, 5) is 39.5. The lowest BCUT2D eigenvalue weighted by Gasteiger charge is -2.41. The highest BCUT2D eigenvalue weighted by molar-refractivity contribution is 6.31. The van der Waals surface area contributed by atoms with E-state index >= 15 is 0 Å². The second-order valence-electron chi connectivity index (χ2n) is 10.0. The Bertz CT molecular complexity index is 1350. The summed E-state index contributed by atoms with van der Waals surface area (Å²) in [7, 11) is 1.33. The first-order chi connectivity index (χ1) is 17.9. The molecule has 2 aromatic carbocycles. The standard InChI is InChI=1S/C27H28O11/c1-10-22(30)14(29)7-17(37-10)38-16-9-27(35,11(2)28)8-13-19(16)26(34)21-20(24(13)32)23(31)12-5-4-6-15(36-3)18(12)25(21)33/h4-6,10,14,16-17,22,29-30,32,34-35H,7-9H2,1-3H3/t10?,14?,16?,17?,22?,27-/m0/s1. The molecule has 0 radical (unpaired) electrons. The van der Waals surface area contributed by atoms with Crippen LogP contribution < -0.4 is 4.74 Å². The van der Waals surface area contributed by atoms with Gasteiger partial charge in [-0.2, -0.15) is 0 Å². The molecule has 3 aliphatic rings. The van der Waals surface area contributed by atoms with Crippen molar-refractivity contribution in [3.05, 3.63) is 51.6 Å². The number of phenolic OH excluding ortho intramolecular Hbond substituents is 2. The fourth-order valence-corrected chi connectivity index (χ4v) is 5.60. The number of carbonyl (C=O) groups excluding carboxylic acids is 3. The van der Waals surface area contributed by atoms with Gasteiger partial charge in [0.2, 0.25) is 5.78 Å². The lowest BCUT2D eigenvalue weighted by Crippen LogP contribution is -2.49. The Hall–Kier alpha value is -3.35. The highest BCUT2D eigenvalue weighted by Gasteiger charge is 2.49. The minimum absolute atomic E-state index is 0.0286. The number of Topliss-reactive ketones (excluding diaryl/α,β-unsaturated/α-hetero) is 1. The zero-order chi connectivity index (χ0) is 27.7. The third-order valence-corrected chi connectivity index (χ3v) is 7.72. The number of benzene rings is 2. The van der Waals surface area contributed by atoms with Crippen LogP contribution in [-0.2, 0) is 20.7 Å². The molecule has 6 atom stereocenters. The number of carbonyl (C=O) groups is 3. The Kier molecular flexibility index (Phi) is 6.32. The first kappa shape index (κ1) is 26.3. The average Bonchev–Trinajstić information content (AvgIpc) is 2.87. The summed E-state index contributed by atoms with van der Waals surface area (Å²) in [5.74, 6) is -3.31. The van der Waals surface area contributed by atoms with E-state index in [1.165, 1.54) is 32.2 Å². The molecule has 0 bridgehead atoms. The number of aromatic hydroxyl groups is 2. The number of phenols is 2. The second-order valence-corrected chi connectivity index (χ2v) is 10.0. The van der Waals surface area contributed by atoms with Crippen molar-refractivity contribution in [1.82, 2.24) is 0 Å². The fraction of sp³-hybridized carbons (Fsp3) is 0.444. The van der Waals surface area contributed by atoms with Crippen LogP contribution in [0, 0.1) is 0 Å². The summed E-state index contributed by atoms with van der Waals surface area (Å²) in [5.41, 5.74) is -3.22. The van der Waals surface area contributed by atoms with E-state index in [9.17, 15) is 39.9 Å². The molecular weight excluding hydrogens is 500 g/mol. The summed E-state index contributed by atoms with van der Waals surface area (Å²) in [6.07, 6.45) is -6.53. The van der Waals surface area contributed by atoms with E-state index in [-0.39, 0.29) is 40.8 Å². The van der Waals surface area contributed by atoms with Crippen LogP contribution in [0.25, 0.3) is 0 Å². The first-order valence-corrected chi connectivity index (χ1v) is 12.2. The zero-order valence-corrected chi connectivity index (χ0v) is 20.9. The molecule has 11 nitrogen and oxygen atoms in total. The molecule has 5 N–H and O–H groups in total. The van der Waals surface area contributed by atoms with Crippen molar-refractivity contribution in [3.8, 4) is 17.2 Å². The monoisotopic (exact) mass is 528 g/mol. The number of ketones is 3. The van der Waals surface area contributed by atoms with E-state index in [1.807, 2.05) is 0 Å². The van der Waals surface area contributed by atoms with Gasteiger partial charge < -0.3 is 39.7 Å². The Morgan fingerprint density at radius 2 is 1.76 bits per heavy atom. The number of hydrogen-bond donors (Lipinski definition) is 5. The van der Waals surface area contributed by atoms with Crippen molar-refractivity contribution < 1.29 is 54.1 Å². The van der Waals surface area contributed by atoms with Crippen LogP contribution in [0.3, 0.4) is 0 Å². The third kappa shape index (κ3) is 3.81. The Labute approximate surface area is 217 Å². The molecule has 1 saturated heterocycles. The number of methoxy groups -OCH3 is 1. The summed E-state index contributed by atoms with van der Waals surface area (Å²) < 4.78 is 16.9. The van der Waals surface area contributed by atoms with Crippen molar-refractivity contribution in [2.45, 2.75) is 69.4 Å². The Morgan fingerprint density at radius 3 is 2.39 bits per heavy atom. The molecular formula is C27H28O11. The van der Waals surface area contributed by atoms with Crippen molar-refractivity contribution in [2.24, 2.45) is 0 Å². The normalized spacial score (nSPS) is 30.3. The molecule has 5 unspecified atom stereocenters. The number of rotatable bonds is 4. The van der Waals surface area contributed by atoms with Gasteiger partial charge >= 0.3 is 0 Å². The third-order valence-electron chi connectivity index (χ3n) is 7.72. The van der Waals surface area contributed by atoms with E-state index in [2.05, 4.69) is 0 Å². The largest absolute Gasteiger partial charge is 0.507 e. The molecule has 38 heavy (non-hydrogen) atoms. The quantitative estimate of drug-likeness (QED) is 0.306. The molecule has 0 amide bonds. The van der Waals surface area contributed by atoms with Crippen molar-refractivity contribution in [1.29, 1.82) is 0 Å². The maximum absolute atomic E-state index is 13.6. The van der Waals surface area contributed by atoms with Gasteiger partial charge in [-0.15, -0.1) is 0 Å². The minimum atomic E-state index is -2.03. The zero-order valence-electron chi connectivity index (χ0n) is 20.9. The number of fused-ring (bicyclic) bond motifs is 3. The van der Waals surface area contributed by atoms with Crippen molar-refractivity contribution in [2.75, 3.05) is 7.11 Å². The van der Waals surface area contributed by atoms with E-state index in [1.54, 1.807) is 0 Å². The van der Waals surface area contributed by atoms with Crippen LogP contribution in [0.2, 0.25) is 0 Å². The maximum Gasteiger partial charge on any atom is 0.202 e. The molecule has 0 saturated carbocycles. The molecule has 11 heteroatoms. The topological polar surface area (TPSA) is 180 Å². The van der Waals surface area contributed by atoms with Gasteiger partial charge in [-0.05, 0) is 19.9 Å². The highest BCUT2D eigenvalue weighted by atomic mass is 16.7. The second kappa shape index (κ2) is 9.14. The molecule has 1 aliphatic heterocycles. The van der Waals surface area contributed by atoms with Gasteiger partial charge in [0.25, 0.3) is 0 Å². The summed E-state index contributed by atoms with van der Waals surface area (Å²) in [6.45, 7) is 2.69.